The van der Waals surface area contributed by atoms with E-state index in [0.29, 0.717) is 11.8 Å². The van der Waals surface area contributed by atoms with Gasteiger partial charge in [-0.1, -0.05) is 109 Å². The third kappa shape index (κ3) is 3.62. The Morgan fingerprint density at radius 2 is 1.44 bits per heavy atom. The van der Waals surface area contributed by atoms with Gasteiger partial charge in [0.15, 0.2) is 0 Å². The van der Waals surface area contributed by atoms with Gasteiger partial charge in [-0.25, -0.2) is 4.98 Å². The second-order valence-electron chi connectivity index (χ2n) is 11.3. The molecule has 2 nitrogen and oxygen atoms in total. The lowest BCUT2D eigenvalue weighted by Gasteiger charge is -2.32. The van der Waals surface area contributed by atoms with Crippen LogP contribution < -0.4 is 0 Å². The molecule has 194 valence electrons. The molecule has 0 amide bonds. The van der Waals surface area contributed by atoms with Gasteiger partial charge in [0.2, 0.25) is 0 Å². The SMILES string of the molecule is C1=CC2c3ccccc3-c3nc(C4=CC5C=C(c6ccc7sc8ccccc8c7c6)C=CC5C=C4)cnc3C2C=C1. The number of thiophene rings is 1. The van der Waals surface area contributed by atoms with Crippen molar-refractivity contribution in [1.82, 2.24) is 9.97 Å². The Balaban J connectivity index is 1.09. The molecule has 0 fully saturated rings. The fourth-order valence-corrected chi connectivity index (χ4v) is 8.05. The van der Waals surface area contributed by atoms with Gasteiger partial charge in [0.1, 0.15) is 0 Å². The van der Waals surface area contributed by atoms with Crippen LogP contribution in [0.3, 0.4) is 0 Å². The first-order valence-corrected chi connectivity index (χ1v) is 15.2. The first-order valence-electron chi connectivity index (χ1n) is 14.3. The van der Waals surface area contributed by atoms with E-state index in [1.54, 1.807) is 0 Å². The summed E-state index contributed by atoms with van der Waals surface area (Å²) in [5, 5.41) is 2.68. The van der Waals surface area contributed by atoms with E-state index in [-0.39, 0.29) is 11.8 Å². The summed E-state index contributed by atoms with van der Waals surface area (Å²) >= 11 is 1.87. The van der Waals surface area contributed by atoms with Crippen molar-refractivity contribution < 1.29 is 0 Å². The maximum Gasteiger partial charge on any atom is 0.0934 e. The van der Waals surface area contributed by atoms with E-state index in [0.717, 1.165) is 22.7 Å². The van der Waals surface area contributed by atoms with Gasteiger partial charge in [-0.3, -0.25) is 4.98 Å². The number of hydrogen-bond acceptors (Lipinski definition) is 3. The summed E-state index contributed by atoms with van der Waals surface area (Å²) in [7, 11) is 0. The lowest BCUT2D eigenvalue weighted by molar-refractivity contribution is 0.664. The zero-order valence-electron chi connectivity index (χ0n) is 22.3. The number of allylic oxidation sites excluding steroid dienone is 12. The molecule has 4 atom stereocenters. The molecule has 9 rings (SSSR count). The highest BCUT2D eigenvalue weighted by molar-refractivity contribution is 7.25. The van der Waals surface area contributed by atoms with E-state index >= 15 is 0 Å². The minimum Gasteiger partial charge on any atom is -0.256 e. The molecule has 0 radical (unpaired) electrons. The highest BCUT2D eigenvalue weighted by Gasteiger charge is 2.34. The minimum atomic E-state index is 0.235. The van der Waals surface area contributed by atoms with Gasteiger partial charge in [-0.05, 0) is 40.5 Å². The molecule has 0 N–H and O–H groups in total. The average molecular weight is 543 g/mol. The van der Waals surface area contributed by atoms with Crippen molar-refractivity contribution in [3.05, 3.63) is 156 Å². The first-order chi connectivity index (χ1) is 20.3. The van der Waals surface area contributed by atoms with Gasteiger partial charge < -0.3 is 0 Å². The highest BCUT2D eigenvalue weighted by atomic mass is 32.1. The Labute approximate surface area is 243 Å². The molecule has 3 aromatic carbocycles. The molecule has 2 heterocycles. The average Bonchev–Trinajstić information content (AvgIpc) is 3.42. The lowest BCUT2D eigenvalue weighted by Crippen LogP contribution is -2.19. The van der Waals surface area contributed by atoms with E-state index < -0.39 is 0 Å². The third-order valence-corrected chi connectivity index (χ3v) is 10.2. The molecule has 0 aliphatic heterocycles. The quantitative estimate of drug-likeness (QED) is 0.222. The van der Waals surface area contributed by atoms with Gasteiger partial charge in [0, 0.05) is 49.4 Å². The third-order valence-electron chi connectivity index (χ3n) is 9.02. The monoisotopic (exact) mass is 542 g/mol. The van der Waals surface area contributed by atoms with Crippen molar-refractivity contribution in [2.45, 2.75) is 11.8 Å². The Kier molecular flexibility index (Phi) is 5.05. The maximum absolute atomic E-state index is 5.26. The number of rotatable bonds is 2. The van der Waals surface area contributed by atoms with Crippen LogP contribution in [0.15, 0.2) is 134 Å². The fraction of sp³-hybridized carbons (Fsp3) is 0.105. The topological polar surface area (TPSA) is 25.8 Å². The van der Waals surface area contributed by atoms with E-state index in [2.05, 4.69) is 127 Å². The predicted octanol–water partition coefficient (Wildman–Crippen LogP) is 9.66. The lowest BCUT2D eigenvalue weighted by atomic mass is 9.73. The minimum absolute atomic E-state index is 0.235. The predicted molar refractivity (Wildman–Crippen MR) is 172 cm³/mol. The van der Waals surface area contributed by atoms with E-state index in [1.165, 1.54) is 42.4 Å². The summed E-state index contributed by atoms with van der Waals surface area (Å²) < 4.78 is 2.69. The molecular formula is C38H26N2S. The van der Waals surface area contributed by atoms with E-state index in [9.17, 15) is 0 Å². The number of fused-ring (bicyclic) bond motifs is 10. The molecule has 4 aliphatic rings. The van der Waals surface area contributed by atoms with Crippen molar-refractivity contribution in [1.29, 1.82) is 0 Å². The molecule has 0 spiro atoms. The van der Waals surface area contributed by atoms with Crippen molar-refractivity contribution in [3.63, 3.8) is 0 Å². The molecule has 41 heavy (non-hydrogen) atoms. The standard InChI is InChI=1S/C38H26N2S/c1-3-10-31-28(7-1)29-8-2-4-11-32(29)38-37(31)39-22-34(40-38)26-16-14-23-13-15-24(19-27(23)20-26)25-17-18-36-33(21-25)30-9-5-6-12-35(30)41-36/h1-23,27-28,31H. The summed E-state index contributed by atoms with van der Waals surface area (Å²) in [6.07, 6.45) is 24.8. The van der Waals surface area contributed by atoms with Crippen molar-refractivity contribution in [3.8, 4) is 11.3 Å². The molecule has 0 saturated carbocycles. The Morgan fingerprint density at radius 1 is 0.659 bits per heavy atom. The summed E-state index contributed by atoms with van der Waals surface area (Å²) in [6.45, 7) is 0. The number of nitrogens with zero attached hydrogens (tertiary/aromatic N) is 2. The van der Waals surface area contributed by atoms with Crippen molar-refractivity contribution in [2.24, 2.45) is 11.8 Å². The molecule has 3 heteroatoms. The van der Waals surface area contributed by atoms with Gasteiger partial charge >= 0.3 is 0 Å². The maximum atomic E-state index is 5.26. The van der Waals surface area contributed by atoms with Crippen LogP contribution in [0.4, 0.5) is 0 Å². The molecule has 4 unspecified atom stereocenters. The summed E-state index contributed by atoms with van der Waals surface area (Å²) in [6, 6.07) is 24.3. The van der Waals surface area contributed by atoms with Crippen LogP contribution in [0.1, 0.15) is 34.4 Å². The normalized spacial score (nSPS) is 23.5. The molecule has 0 bridgehead atoms. The van der Waals surface area contributed by atoms with Crippen LogP contribution in [0.25, 0.3) is 42.6 Å². The van der Waals surface area contributed by atoms with Crippen LogP contribution in [0, 0.1) is 11.8 Å². The van der Waals surface area contributed by atoms with Crippen LogP contribution in [0.2, 0.25) is 0 Å². The van der Waals surface area contributed by atoms with Gasteiger partial charge in [0.25, 0.3) is 0 Å². The van der Waals surface area contributed by atoms with Crippen molar-refractivity contribution in [2.75, 3.05) is 0 Å². The Morgan fingerprint density at radius 3 is 2.39 bits per heavy atom. The first kappa shape index (κ1) is 23.1. The molecule has 0 saturated heterocycles. The van der Waals surface area contributed by atoms with Crippen LogP contribution in [-0.4, -0.2) is 9.97 Å². The second kappa shape index (κ2) is 8.95. The molecular weight excluding hydrogens is 516 g/mol. The Bertz CT molecular complexity index is 2080. The van der Waals surface area contributed by atoms with Crippen LogP contribution in [0.5, 0.6) is 0 Å². The zero-order valence-corrected chi connectivity index (χ0v) is 23.1. The second-order valence-corrected chi connectivity index (χ2v) is 12.4. The molecule has 4 aliphatic carbocycles. The molecule has 5 aromatic rings. The van der Waals surface area contributed by atoms with Crippen molar-refractivity contribution >= 4 is 42.7 Å². The van der Waals surface area contributed by atoms with Crippen LogP contribution in [-0.2, 0) is 0 Å². The smallest absolute Gasteiger partial charge is 0.0934 e. The summed E-state index contributed by atoms with van der Waals surface area (Å²) in [5.41, 5.74) is 9.28. The number of hydrogen-bond donors (Lipinski definition) is 0. The van der Waals surface area contributed by atoms with Gasteiger partial charge in [0.05, 0.1) is 23.3 Å². The van der Waals surface area contributed by atoms with E-state index in [1.807, 2.05) is 17.5 Å². The van der Waals surface area contributed by atoms with Gasteiger partial charge in [-0.2, -0.15) is 0 Å². The number of aromatic nitrogens is 2. The summed E-state index contributed by atoms with van der Waals surface area (Å²) in [4.78, 5) is 10.3. The number of benzene rings is 3. The van der Waals surface area contributed by atoms with Gasteiger partial charge in [-0.15, -0.1) is 11.3 Å². The molecule has 2 aromatic heterocycles. The summed E-state index contributed by atoms with van der Waals surface area (Å²) in [5.74, 6) is 1.20. The Hall–Kier alpha value is -4.60. The largest absolute Gasteiger partial charge is 0.256 e. The zero-order chi connectivity index (χ0) is 26.9. The fourth-order valence-electron chi connectivity index (χ4n) is 6.96. The highest BCUT2D eigenvalue weighted by Crippen LogP contribution is 2.48. The van der Waals surface area contributed by atoms with Crippen LogP contribution >= 0.6 is 11.3 Å². The van der Waals surface area contributed by atoms with E-state index in [4.69, 9.17) is 9.97 Å².